The van der Waals surface area contributed by atoms with Crippen LogP contribution >= 0.6 is 0 Å². The minimum absolute atomic E-state index is 0.0275. The number of hydrogen-bond acceptors (Lipinski definition) is 4. The molecular weight excluding hydrogens is 378 g/mol. The monoisotopic (exact) mass is 407 g/mol. The molecule has 0 fully saturated rings. The van der Waals surface area contributed by atoms with E-state index < -0.39 is 5.41 Å². The van der Waals surface area contributed by atoms with E-state index in [4.69, 9.17) is 9.47 Å². The van der Waals surface area contributed by atoms with Gasteiger partial charge in [-0.1, -0.05) is 32.0 Å². The largest absolute Gasteiger partial charge is 0.489 e. The average molecular weight is 408 g/mol. The van der Waals surface area contributed by atoms with Crippen LogP contribution in [-0.4, -0.2) is 17.1 Å². The van der Waals surface area contributed by atoms with Crippen LogP contribution in [0.2, 0.25) is 0 Å². The van der Waals surface area contributed by atoms with Gasteiger partial charge in [-0.15, -0.1) is 0 Å². The molecule has 0 aliphatic heterocycles. The molecule has 3 rings (SSSR count). The molecule has 0 aliphatic rings. The van der Waals surface area contributed by atoms with Gasteiger partial charge in [0.2, 0.25) is 0 Å². The molecule has 0 saturated carbocycles. The normalized spacial score (nSPS) is 11.5. The molecule has 3 aromatic rings. The molecule has 0 spiro atoms. The van der Waals surface area contributed by atoms with Crippen LogP contribution in [0.4, 0.5) is 0 Å². The second-order valence-corrected chi connectivity index (χ2v) is 7.45. The SMILES string of the molecule is CCOC(=O)C(CC)(CC)c1cccc(OCc2ccc3c(ccc(=O)n3C)c2)c1. The van der Waals surface area contributed by atoms with Crippen LogP contribution in [0, 0.1) is 0 Å². The van der Waals surface area contributed by atoms with Crippen LogP contribution < -0.4 is 10.3 Å². The van der Waals surface area contributed by atoms with Gasteiger partial charge in [0.25, 0.3) is 5.56 Å². The van der Waals surface area contributed by atoms with Crippen molar-refractivity contribution in [2.24, 2.45) is 7.05 Å². The number of ether oxygens (including phenoxy) is 2. The highest BCUT2D eigenvalue weighted by Crippen LogP contribution is 2.35. The fourth-order valence-corrected chi connectivity index (χ4v) is 3.91. The maximum absolute atomic E-state index is 12.7. The summed E-state index contributed by atoms with van der Waals surface area (Å²) >= 11 is 0. The van der Waals surface area contributed by atoms with Crippen LogP contribution in [0.5, 0.6) is 5.75 Å². The lowest BCUT2D eigenvalue weighted by Gasteiger charge is -2.30. The van der Waals surface area contributed by atoms with Crippen LogP contribution in [0.1, 0.15) is 44.7 Å². The van der Waals surface area contributed by atoms with E-state index >= 15 is 0 Å². The number of aromatic nitrogens is 1. The number of aryl methyl sites for hydroxylation is 1. The van der Waals surface area contributed by atoms with Gasteiger partial charge in [-0.2, -0.15) is 0 Å². The van der Waals surface area contributed by atoms with Crippen molar-refractivity contribution >= 4 is 16.9 Å². The fourth-order valence-electron chi connectivity index (χ4n) is 3.91. The molecule has 0 bridgehead atoms. The van der Waals surface area contributed by atoms with E-state index in [2.05, 4.69) is 0 Å². The Morgan fingerprint density at radius 3 is 2.47 bits per heavy atom. The van der Waals surface area contributed by atoms with Crippen LogP contribution in [0.15, 0.2) is 59.4 Å². The highest BCUT2D eigenvalue weighted by molar-refractivity contribution is 5.83. The number of esters is 1. The molecule has 2 aromatic carbocycles. The molecule has 158 valence electrons. The number of benzene rings is 2. The zero-order chi connectivity index (χ0) is 21.7. The minimum atomic E-state index is -0.664. The van der Waals surface area contributed by atoms with Crippen LogP contribution in [0.25, 0.3) is 10.9 Å². The van der Waals surface area contributed by atoms with Gasteiger partial charge in [-0.3, -0.25) is 9.59 Å². The Kier molecular flexibility index (Phi) is 6.60. The zero-order valence-corrected chi connectivity index (χ0v) is 18.1. The number of rotatable bonds is 8. The van der Waals surface area contributed by atoms with Crippen LogP contribution in [-0.2, 0) is 28.6 Å². The molecule has 0 radical (unpaired) electrons. The van der Waals surface area contributed by atoms with E-state index in [0.29, 0.717) is 31.8 Å². The van der Waals surface area contributed by atoms with E-state index in [1.807, 2.05) is 69.3 Å². The Hall–Kier alpha value is -3.08. The molecular formula is C25H29NO4. The molecule has 5 nitrogen and oxygen atoms in total. The minimum Gasteiger partial charge on any atom is -0.489 e. The Labute approximate surface area is 177 Å². The maximum atomic E-state index is 12.7. The quantitative estimate of drug-likeness (QED) is 0.506. The van der Waals surface area contributed by atoms with Crippen molar-refractivity contribution < 1.29 is 14.3 Å². The Morgan fingerprint density at radius 2 is 1.77 bits per heavy atom. The third-order valence-corrected chi connectivity index (χ3v) is 5.85. The van der Waals surface area contributed by atoms with Gasteiger partial charge < -0.3 is 14.0 Å². The predicted molar refractivity (Wildman–Crippen MR) is 119 cm³/mol. The molecule has 1 aromatic heterocycles. The van der Waals surface area contributed by atoms with Gasteiger partial charge in [0.05, 0.1) is 17.5 Å². The van der Waals surface area contributed by atoms with Crippen molar-refractivity contribution in [2.45, 2.75) is 45.6 Å². The molecule has 0 amide bonds. The van der Waals surface area contributed by atoms with Crippen molar-refractivity contribution in [3.05, 3.63) is 76.1 Å². The second-order valence-electron chi connectivity index (χ2n) is 7.45. The molecule has 0 aliphatic carbocycles. The topological polar surface area (TPSA) is 57.5 Å². The summed E-state index contributed by atoms with van der Waals surface area (Å²) in [6.07, 6.45) is 1.32. The number of carbonyl (C=O) groups is 1. The molecule has 0 atom stereocenters. The number of fused-ring (bicyclic) bond motifs is 1. The van der Waals surface area contributed by atoms with E-state index in [9.17, 15) is 9.59 Å². The van der Waals surface area contributed by atoms with Crippen molar-refractivity contribution in [2.75, 3.05) is 6.61 Å². The molecule has 0 saturated heterocycles. The lowest BCUT2D eigenvalue weighted by atomic mass is 9.76. The summed E-state index contributed by atoms with van der Waals surface area (Å²) in [6, 6.07) is 17.1. The third kappa shape index (κ3) is 4.11. The van der Waals surface area contributed by atoms with Gasteiger partial charge in [-0.25, -0.2) is 0 Å². The first-order chi connectivity index (χ1) is 14.4. The summed E-state index contributed by atoms with van der Waals surface area (Å²) in [5.41, 5.74) is 2.12. The Morgan fingerprint density at radius 1 is 1.00 bits per heavy atom. The lowest BCUT2D eigenvalue weighted by molar-refractivity contribution is -0.150. The maximum Gasteiger partial charge on any atom is 0.316 e. The van der Waals surface area contributed by atoms with Gasteiger partial charge in [0, 0.05) is 13.1 Å². The average Bonchev–Trinajstić information content (AvgIpc) is 2.77. The molecule has 30 heavy (non-hydrogen) atoms. The van der Waals surface area contributed by atoms with Crippen LogP contribution in [0.3, 0.4) is 0 Å². The van der Waals surface area contributed by atoms with E-state index in [1.165, 1.54) is 0 Å². The van der Waals surface area contributed by atoms with E-state index in [1.54, 1.807) is 17.7 Å². The standard InChI is InChI=1S/C25H29NO4/c1-5-25(6-2,24(28)29-7-3)20-9-8-10-21(16-20)30-17-18-11-13-22-19(15-18)12-14-23(27)26(22)4/h8-16H,5-7,17H2,1-4H3. The van der Waals surface area contributed by atoms with E-state index in [0.717, 1.165) is 22.0 Å². The van der Waals surface area contributed by atoms with Crippen molar-refractivity contribution in [1.29, 1.82) is 0 Å². The highest BCUT2D eigenvalue weighted by Gasteiger charge is 2.38. The summed E-state index contributed by atoms with van der Waals surface area (Å²) < 4.78 is 13.0. The fraction of sp³-hybridized carbons (Fsp3) is 0.360. The van der Waals surface area contributed by atoms with Gasteiger partial charge in [0.15, 0.2) is 0 Å². The third-order valence-electron chi connectivity index (χ3n) is 5.85. The second kappa shape index (κ2) is 9.16. The van der Waals surface area contributed by atoms with Crippen molar-refractivity contribution in [1.82, 2.24) is 4.57 Å². The first kappa shape index (κ1) is 21.6. The number of hydrogen-bond donors (Lipinski definition) is 0. The number of nitrogens with zero attached hydrogens (tertiary/aromatic N) is 1. The molecule has 0 N–H and O–H groups in total. The summed E-state index contributed by atoms with van der Waals surface area (Å²) in [7, 11) is 1.77. The lowest BCUT2D eigenvalue weighted by Crippen LogP contribution is -2.36. The molecule has 1 heterocycles. The first-order valence-electron chi connectivity index (χ1n) is 10.4. The Balaban J connectivity index is 1.83. The number of pyridine rings is 1. The Bertz CT molecular complexity index is 1100. The van der Waals surface area contributed by atoms with Gasteiger partial charge >= 0.3 is 5.97 Å². The summed E-state index contributed by atoms with van der Waals surface area (Å²) in [5.74, 6) is 0.524. The van der Waals surface area contributed by atoms with Gasteiger partial charge in [-0.05, 0) is 66.6 Å². The van der Waals surface area contributed by atoms with Gasteiger partial charge in [0.1, 0.15) is 12.4 Å². The zero-order valence-electron chi connectivity index (χ0n) is 18.1. The summed E-state index contributed by atoms with van der Waals surface area (Å²) in [4.78, 5) is 24.5. The van der Waals surface area contributed by atoms with E-state index in [-0.39, 0.29) is 11.5 Å². The summed E-state index contributed by atoms with van der Waals surface area (Å²) in [5, 5.41) is 0.991. The molecule has 0 unspecified atom stereocenters. The predicted octanol–water partition coefficient (Wildman–Crippen LogP) is 4.74. The highest BCUT2D eigenvalue weighted by atomic mass is 16.5. The molecule has 5 heteroatoms. The van der Waals surface area contributed by atoms with Crippen molar-refractivity contribution in [3.8, 4) is 5.75 Å². The smallest absolute Gasteiger partial charge is 0.316 e. The number of carbonyl (C=O) groups excluding carboxylic acids is 1. The van der Waals surface area contributed by atoms with Crippen molar-refractivity contribution in [3.63, 3.8) is 0 Å². The summed E-state index contributed by atoms with van der Waals surface area (Å²) in [6.45, 7) is 6.61. The first-order valence-corrected chi connectivity index (χ1v) is 10.4.